The average molecular weight is 209 g/mol. The number of anilines is 1. The summed E-state index contributed by atoms with van der Waals surface area (Å²) in [6.45, 7) is 0. The maximum absolute atomic E-state index is 13.1. The van der Waals surface area contributed by atoms with E-state index in [2.05, 4.69) is 5.32 Å². The van der Waals surface area contributed by atoms with E-state index in [0.29, 0.717) is 11.8 Å². The van der Waals surface area contributed by atoms with Gasteiger partial charge in [0.2, 0.25) is 0 Å². The molecule has 1 aromatic carbocycles. The van der Waals surface area contributed by atoms with Gasteiger partial charge in [-0.05, 0) is 25.0 Å². The summed E-state index contributed by atoms with van der Waals surface area (Å²) >= 11 is 0. The highest BCUT2D eigenvalue weighted by atomic mass is 19.1. The smallest absolute Gasteiger partial charge is 0.165 e. The molecule has 0 saturated heterocycles. The van der Waals surface area contributed by atoms with E-state index >= 15 is 0 Å². The van der Waals surface area contributed by atoms with Gasteiger partial charge >= 0.3 is 0 Å². The Bertz CT molecular complexity index is 334. The standard InChI is InChI=1S/C12H16FNO/c1-15-12-8-10(6-7-11(12)13)14-9-4-2-3-5-9/h6-9,14H,2-5H2,1H3. The largest absolute Gasteiger partial charge is 0.494 e. The first-order valence-corrected chi connectivity index (χ1v) is 5.39. The molecule has 1 fully saturated rings. The van der Waals surface area contributed by atoms with Gasteiger partial charge in [0.25, 0.3) is 0 Å². The Balaban J connectivity index is 2.07. The van der Waals surface area contributed by atoms with E-state index < -0.39 is 0 Å². The third kappa shape index (κ3) is 2.41. The third-order valence-electron chi connectivity index (χ3n) is 2.88. The number of methoxy groups -OCH3 is 1. The molecule has 0 radical (unpaired) electrons. The average Bonchev–Trinajstić information content (AvgIpc) is 2.73. The molecule has 1 N–H and O–H groups in total. The van der Waals surface area contributed by atoms with Crippen molar-refractivity contribution >= 4 is 5.69 Å². The van der Waals surface area contributed by atoms with E-state index in [4.69, 9.17) is 4.74 Å². The van der Waals surface area contributed by atoms with Gasteiger partial charge in [-0.15, -0.1) is 0 Å². The van der Waals surface area contributed by atoms with Crippen LogP contribution in [-0.2, 0) is 0 Å². The second-order valence-electron chi connectivity index (χ2n) is 3.98. The Hall–Kier alpha value is -1.25. The fourth-order valence-corrected chi connectivity index (χ4v) is 2.06. The SMILES string of the molecule is COc1cc(NC2CCCC2)ccc1F. The van der Waals surface area contributed by atoms with Gasteiger partial charge in [-0.25, -0.2) is 4.39 Å². The lowest BCUT2D eigenvalue weighted by Crippen LogP contribution is -2.14. The summed E-state index contributed by atoms with van der Waals surface area (Å²) in [7, 11) is 1.48. The maximum Gasteiger partial charge on any atom is 0.165 e. The number of halogens is 1. The Morgan fingerprint density at radius 3 is 2.73 bits per heavy atom. The zero-order valence-electron chi connectivity index (χ0n) is 8.92. The van der Waals surface area contributed by atoms with Crippen molar-refractivity contribution < 1.29 is 9.13 Å². The van der Waals surface area contributed by atoms with Crippen LogP contribution in [0.2, 0.25) is 0 Å². The topological polar surface area (TPSA) is 21.3 Å². The van der Waals surface area contributed by atoms with E-state index in [-0.39, 0.29) is 5.82 Å². The van der Waals surface area contributed by atoms with Crippen molar-refractivity contribution in [3.8, 4) is 5.75 Å². The van der Waals surface area contributed by atoms with Gasteiger partial charge < -0.3 is 10.1 Å². The summed E-state index contributed by atoms with van der Waals surface area (Å²) < 4.78 is 18.1. The number of benzene rings is 1. The number of nitrogens with one attached hydrogen (secondary N) is 1. The van der Waals surface area contributed by atoms with E-state index in [1.807, 2.05) is 0 Å². The molecule has 0 bridgehead atoms. The first-order valence-electron chi connectivity index (χ1n) is 5.39. The highest BCUT2D eigenvalue weighted by molar-refractivity contribution is 5.49. The Kier molecular flexibility index (Phi) is 3.09. The third-order valence-corrected chi connectivity index (χ3v) is 2.88. The molecule has 2 nitrogen and oxygen atoms in total. The maximum atomic E-state index is 13.1. The van der Waals surface area contributed by atoms with Crippen molar-refractivity contribution in [1.29, 1.82) is 0 Å². The molecule has 0 aliphatic heterocycles. The molecule has 1 aromatic rings. The quantitative estimate of drug-likeness (QED) is 0.825. The molecule has 3 heteroatoms. The molecule has 0 unspecified atom stereocenters. The van der Waals surface area contributed by atoms with Gasteiger partial charge in [0.05, 0.1) is 7.11 Å². The zero-order valence-corrected chi connectivity index (χ0v) is 8.92. The molecule has 1 aliphatic carbocycles. The molecular formula is C12H16FNO. The van der Waals surface area contributed by atoms with Crippen molar-refractivity contribution in [2.45, 2.75) is 31.7 Å². The van der Waals surface area contributed by atoms with Crippen molar-refractivity contribution in [3.05, 3.63) is 24.0 Å². The Morgan fingerprint density at radius 2 is 2.07 bits per heavy atom. The van der Waals surface area contributed by atoms with Gasteiger partial charge in [0, 0.05) is 17.8 Å². The number of hydrogen-bond acceptors (Lipinski definition) is 2. The van der Waals surface area contributed by atoms with Crippen LogP contribution < -0.4 is 10.1 Å². The van der Waals surface area contributed by atoms with E-state index in [1.165, 1.54) is 38.9 Å². The molecule has 0 heterocycles. The minimum Gasteiger partial charge on any atom is -0.494 e. The molecular weight excluding hydrogens is 193 g/mol. The molecule has 2 rings (SSSR count). The van der Waals surface area contributed by atoms with E-state index in [1.54, 1.807) is 12.1 Å². The van der Waals surface area contributed by atoms with Crippen LogP contribution in [0.1, 0.15) is 25.7 Å². The van der Waals surface area contributed by atoms with Crippen LogP contribution >= 0.6 is 0 Å². The first-order chi connectivity index (χ1) is 7.29. The van der Waals surface area contributed by atoms with Gasteiger partial charge in [-0.3, -0.25) is 0 Å². The molecule has 15 heavy (non-hydrogen) atoms. The summed E-state index contributed by atoms with van der Waals surface area (Å²) in [5.41, 5.74) is 0.945. The molecule has 0 amide bonds. The monoisotopic (exact) mass is 209 g/mol. The second kappa shape index (κ2) is 4.51. The van der Waals surface area contributed by atoms with Gasteiger partial charge in [-0.1, -0.05) is 12.8 Å². The summed E-state index contributed by atoms with van der Waals surface area (Å²) in [6.07, 6.45) is 4.99. The minimum atomic E-state index is -0.311. The van der Waals surface area contributed by atoms with Crippen molar-refractivity contribution in [2.75, 3.05) is 12.4 Å². The van der Waals surface area contributed by atoms with Crippen LogP contribution in [0.4, 0.5) is 10.1 Å². The molecule has 1 aliphatic rings. The van der Waals surface area contributed by atoms with Gasteiger partial charge in [-0.2, -0.15) is 0 Å². The van der Waals surface area contributed by atoms with Crippen LogP contribution in [0.15, 0.2) is 18.2 Å². The first kappa shape index (κ1) is 10.3. The number of ether oxygens (including phenoxy) is 1. The van der Waals surface area contributed by atoms with Crippen LogP contribution in [-0.4, -0.2) is 13.2 Å². The van der Waals surface area contributed by atoms with Crippen LogP contribution in [0.25, 0.3) is 0 Å². The predicted octanol–water partition coefficient (Wildman–Crippen LogP) is 3.19. The number of rotatable bonds is 3. The predicted molar refractivity (Wildman–Crippen MR) is 58.8 cm³/mol. The minimum absolute atomic E-state index is 0.304. The van der Waals surface area contributed by atoms with Crippen molar-refractivity contribution in [1.82, 2.24) is 0 Å². The highest BCUT2D eigenvalue weighted by Crippen LogP contribution is 2.26. The molecule has 0 spiro atoms. The van der Waals surface area contributed by atoms with Crippen LogP contribution in [0.3, 0.4) is 0 Å². The summed E-state index contributed by atoms with van der Waals surface area (Å²) in [5, 5.41) is 3.40. The van der Waals surface area contributed by atoms with Crippen LogP contribution in [0.5, 0.6) is 5.75 Å². The van der Waals surface area contributed by atoms with E-state index in [9.17, 15) is 4.39 Å². The van der Waals surface area contributed by atoms with E-state index in [0.717, 1.165) is 5.69 Å². The normalized spacial score (nSPS) is 16.7. The highest BCUT2D eigenvalue weighted by Gasteiger charge is 2.14. The van der Waals surface area contributed by atoms with Gasteiger partial charge in [0.15, 0.2) is 11.6 Å². The van der Waals surface area contributed by atoms with Gasteiger partial charge in [0.1, 0.15) is 0 Å². The zero-order chi connectivity index (χ0) is 10.7. The molecule has 82 valence electrons. The van der Waals surface area contributed by atoms with Crippen LogP contribution in [0, 0.1) is 5.82 Å². The van der Waals surface area contributed by atoms with Crippen molar-refractivity contribution in [2.24, 2.45) is 0 Å². The fraction of sp³-hybridized carbons (Fsp3) is 0.500. The lowest BCUT2D eigenvalue weighted by atomic mass is 10.2. The Labute approximate surface area is 89.4 Å². The summed E-state index contributed by atoms with van der Waals surface area (Å²) in [6, 6.07) is 5.46. The molecule has 0 atom stereocenters. The number of hydrogen-bond donors (Lipinski definition) is 1. The second-order valence-corrected chi connectivity index (χ2v) is 3.98. The lowest BCUT2D eigenvalue weighted by Gasteiger charge is -2.14. The fourth-order valence-electron chi connectivity index (χ4n) is 2.06. The van der Waals surface area contributed by atoms with Crippen molar-refractivity contribution in [3.63, 3.8) is 0 Å². The summed E-state index contributed by atoms with van der Waals surface area (Å²) in [5.74, 6) is -0.00697. The molecule has 0 aromatic heterocycles. The summed E-state index contributed by atoms with van der Waals surface area (Å²) in [4.78, 5) is 0. The Morgan fingerprint density at radius 1 is 1.33 bits per heavy atom. The molecule has 1 saturated carbocycles. The lowest BCUT2D eigenvalue weighted by molar-refractivity contribution is 0.386.